The number of ether oxygens (including phenoxy) is 1. The van der Waals surface area contributed by atoms with E-state index < -0.39 is 0 Å². The Balaban J connectivity index is 0.00000180. The highest BCUT2D eigenvalue weighted by atomic mass is 35.5. The lowest BCUT2D eigenvalue weighted by atomic mass is 9.95. The van der Waals surface area contributed by atoms with Crippen molar-refractivity contribution in [3.63, 3.8) is 0 Å². The van der Waals surface area contributed by atoms with Crippen molar-refractivity contribution in [2.75, 3.05) is 13.7 Å². The van der Waals surface area contributed by atoms with Crippen molar-refractivity contribution < 1.29 is 4.74 Å². The predicted molar refractivity (Wildman–Crippen MR) is 107 cm³/mol. The normalized spacial score (nSPS) is 26.7. The fourth-order valence-electron chi connectivity index (χ4n) is 4.99. The molecule has 2 aliphatic carbocycles. The van der Waals surface area contributed by atoms with Crippen LogP contribution in [0.2, 0.25) is 0 Å². The first-order valence-corrected chi connectivity index (χ1v) is 10.00. The van der Waals surface area contributed by atoms with E-state index >= 15 is 0 Å². The highest BCUT2D eigenvalue weighted by molar-refractivity contribution is 5.85. The van der Waals surface area contributed by atoms with E-state index in [9.17, 15) is 4.79 Å². The van der Waals surface area contributed by atoms with Crippen LogP contribution in [0.15, 0.2) is 11.0 Å². The summed E-state index contributed by atoms with van der Waals surface area (Å²) >= 11 is 0. The molecule has 2 aromatic heterocycles. The van der Waals surface area contributed by atoms with Crippen LogP contribution in [0.1, 0.15) is 62.6 Å². The molecule has 2 saturated carbocycles. The van der Waals surface area contributed by atoms with Crippen LogP contribution in [0.25, 0.3) is 5.65 Å². The van der Waals surface area contributed by atoms with E-state index in [0.29, 0.717) is 17.9 Å². The molecule has 7 heteroatoms. The van der Waals surface area contributed by atoms with Gasteiger partial charge in [-0.15, -0.1) is 12.4 Å². The van der Waals surface area contributed by atoms with Crippen molar-refractivity contribution in [2.45, 2.75) is 64.0 Å². The zero-order valence-electron chi connectivity index (χ0n) is 16.3. The molecule has 5 rings (SSSR count). The van der Waals surface area contributed by atoms with Crippen LogP contribution >= 0.6 is 12.4 Å². The third-order valence-electron chi connectivity index (χ3n) is 6.58. The molecular formula is C20H29ClN4O2. The molecule has 0 amide bonds. The van der Waals surface area contributed by atoms with Gasteiger partial charge in [-0.05, 0) is 50.0 Å². The smallest absolute Gasteiger partial charge is 0.277 e. The number of nitrogens with one attached hydrogen (secondary N) is 1. The number of fused-ring (bicyclic) bond motifs is 3. The number of aromatic nitrogens is 3. The first kappa shape index (κ1) is 18.8. The molecule has 0 aromatic carbocycles. The lowest BCUT2D eigenvalue weighted by Gasteiger charge is -2.24. The second-order valence-electron chi connectivity index (χ2n) is 8.72. The molecule has 1 N–H and O–H groups in total. The summed E-state index contributed by atoms with van der Waals surface area (Å²) in [5.74, 6) is 2.85. The van der Waals surface area contributed by atoms with Gasteiger partial charge in [0, 0.05) is 30.3 Å². The van der Waals surface area contributed by atoms with E-state index in [0.717, 1.165) is 54.5 Å². The number of nitrogens with zero attached hydrogens (tertiary/aromatic N) is 3. The van der Waals surface area contributed by atoms with Crippen molar-refractivity contribution in [2.24, 2.45) is 11.8 Å². The Morgan fingerprint density at radius 1 is 1.33 bits per heavy atom. The number of hydrogen-bond acceptors (Lipinski definition) is 4. The van der Waals surface area contributed by atoms with Crippen molar-refractivity contribution in [1.29, 1.82) is 0 Å². The average molecular weight is 393 g/mol. The first-order valence-electron chi connectivity index (χ1n) is 10.00. The Morgan fingerprint density at radius 3 is 2.67 bits per heavy atom. The molecule has 148 valence electrons. The molecule has 0 radical (unpaired) electrons. The van der Waals surface area contributed by atoms with E-state index in [4.69, 9.17) is 9.84 Å². The Kier molecular flexibility index (Phi) is 4.75. The van der Waals surface area contributed by atoms with E-state index in [1.165, 1.54) is 12.8 Å². The average Bonchev–Trinajstić information content (AvgIpc) is 3.08. The number of methoxy groups -OCH3 is 1. The van der Waals surface area contributed by atoms with Crippen LogP contribution in [-0.4, -0.2) is 33.9 Å². The van der Waals surface area contributed by atoms with Gasteiger partial charge in [0.1, 0.15) is 5.69 Å². The summed E-state index contributed by atoms with van der Waals surface area (Å²) in [6, 6.07) is 0.679. The summed E-state index contributed by atoms with van der Waals surface area (Å²) in [5, 5.41) is 8.31. The molecule has 2 aromatic rings. The van der Waals surface area contributed by atoms with Crippen molar-refractivity contribution in [1.82, 2.24) is 19.5 Å². The van der Waals surface area contributed by atoms with Gasteiger partial charge in [0.2, 0.25) is 0 Å². The second kappa shape index (κ2) is 6.82. The summed E-state index contributed by atoms with van der Waals surface area (Å²) in [5.41, 5.74) is 2.66. The van der Waals surface area contributed by atoms with Crippen molar-refractivity contribution in [3.8, 4) is 5.75 Å². The van der Waals surface area contributed by atoms with Crippen LogP contribution in [-0.2, 0) is 6.54 Å². The van der Waals surface area contributed by atoms with Crippen molar-refractivity contribution >= 4 is 18.1 Å². The minimum absolute atomic E-state index is 0. The Morgan fingerprint density at radius 2 is 2.11 bits per heavy atom. The number of piperidine rings is 1. The minimum Gasteiger partial charge on any atom is -0.491 e. The maximum Gasteiger partial charge on any atom is 0.277 e. The van der Waals surface area contributed by atoms with Gasteiger partial charge >= 0.3 is 0 Å². The van der Waals surface area contributed by atoms with Gasteiger partial charge in [0.05, 0.1) is 7.11 Å². The summed E-state index contributed by atoms with van der Waals surface area (Å²) in [7, 11) is 1.70. The summed E-state index contributed by atoms with van der Waals surface area (Å²) in [6.45, 7) is 6.23. The number of halogens is 1. The first-order chi connectivity index (χ1) is 12.6. The third kappa shape index (κ3) is 2.97. The zero-order chi connectivity index (χ0) is 18.0. The Labute approximate surface area is 165 Å². The maximum absolute atomic E-state index is 13.0. The molecule has 1 saturated heterocycles. The fourth-order valence-corrected chi connectivity index (χ4v) is 4.99. The molecule has 1 aliphatic heterocycles. The third-order valence-corrected chi connectivity index (χ3v) is 6.58. The Bertz CT molecular complexity index is 915. The van der Waals surface area contributed by atoms with Gasteiger partial charge < -0.3 is 14.6 Å². The molecule has 3 aliphatic rings. The van der Waals surface area contributed by atoms with E-state index in [-0.39, 0.29) is 23.9 Å². The van der Waals surface area contributed by atoms with Crippen molar-refractivity contribution in [3.05, 3.63) is 27.8 Å². The largest absolute Gasteiger partial charge is 0.491 e. The molecule has 0 unspecified atom stereocenters. The summed E-state index contributed by atoms with van der Waals surface area (Å²) in [4.78, 5) is 13.0. The monoisotopic (exact) mass is 392 g/mol. The van der Waals surface area contributed by atoms with Gasteiger partial charge in [0.25, 0.3) is 5.56 Å². The molecule has 0 spiro atoms. The lowest BCUT2D eigenvalue weighted by molar-refractivity contribution is 0.310. The van der Waals surface area contributed by atoms with E-state index in [1.807, 2.05) is 0 Å². The fraction of sp³-hybridized carbons (Fsp3) is 0.700. The highest BCUT2D eigenvalue weighted by Crippen LogP contribution is 2.45. The Hall–Kier alpha value is -1.53. The quantitative estimate of drug-likeness (QED) is 0.849. The van der Waals surface area contributed by atoms with Crippen LogP contribution in [0, 0.1) is 11.8 Å². The lowest BCUT2D eigenvalue weighted by Crippen LogP contribution is -2.32. The topological polar surface area (TPSA) is 60.6 Å². The van der Waals surface area contributed by atoms with Gasteiger partial charge in [-0.1, -0.05) is 13.8 Å². The van der Waals surface area contributed by atoms with Gasteiger partial charge in [-0.2, -0.15) is 9.61 Å². The van der Waals surface area contributed by atoms with Gasteiger partial charge in [-0.25, -0.2) is 0 Å². The van der Waals surface area contributed by atoms with Crippen LogP contribution < -0.4 is 15.6 Å². The SMILES string of the molecule is COc1c(C2CC2)nn2c(=O)c(C(C)C)cn(C[C@H]3C[C@H]4C[C@@H]3CN4)c12.Cl. The number of hydrogen-bond donors (Lipinski definition) is 1. The van der Waals surface area contributed by atoms with E-state index in [1.54, 1.807) is 11.6 Å². The number of rotatable bonds is 5. The zero-order valence-corrected chi connectivity index (χ0v) is 17.1. The minimum atomic E-state index is 0. The summed E-state index contributed by atoms with van der Waals surface area (Å²) < 4.78 is 9.65. The van der Waals surface area contributed by atoms with Gasteiger partial charge in [-0.3, -0.25) is 4.79 Å². The predicted octanol–water partition coefficient (Wildman–Crippen LogP) is 2.93. The van der Waals surface area contributed by atoms with Crippen LogP contribution in [0.5, 0.6) is 5.75 Å². The molecule has 2 bridgehead atoms. The standard InChI is InChI=1S/C20H28N4O2.ClH/c1-11(2)16-10-23(9-14-7-15-6-13(14)8-21-15)19-18(26-3)17(12-4-5-12)22-24(19)20(16)25;/h10-15,21H,4-9H2,1-3H3;1H/t13-,14-,15-;/m1./s1. The van der Waals surface area contributed by atoms with Crippen LogP contribution in [0.4, 0.5) is 0 Å². The molecule has 3 fully saturated rings. The maximum atomic E-state index is 13.0. The molecule has 6 nitrogen and oxygen atoms in total. The molecule has 3 heterocycles. The van der Waals surface area contributed by atoms with Gasteiger partial charge in [0.15, 0.2) is 11.4 Å². The molecular weight excluding hydrogens is 364 g/mol. The van der Waals surface area contributed by atoms with E-state index in [2.05, 4.69) is 29.9 Å². The van der Waals surface area contributed by atoms with Crippen LogP contribution in [0.3, 0.4) is 0 Å². The second-order valence-corrected chi connectivity index (χ2v) is 8.72. The molecule has 3 atom stereocenters. The highest BCUT2D eigenvalue weighted by Gasteiger charge is 2.40. The summed E-state index contributed by atoms with van der Waals surface area (Å²) in [6.07, 6.45) is 6.88. The molecule has 27 heavy (non-hydrogen) atoms.